The minimum absolute atomic E-state index is 0.00538. The number of methoxy groups -OCH3 is 1. The van der Waals surface area contributed by atoms with E-state index in [4.69, 9.17) is 4.74 Å². The number of amides is 2. The normalized spacial score (nSPS) is 14.6. The van der Waals surface area contributed by atoms with Crippen LogP contribution in [0.5, 0.6) is 5.75 Å². The standard InChI is InChI=1S/C28H38N2O3/c1-4-21-13-15-22(16-14-21)17-18-27(31)30(20-23-9-8-12-25(19-23)33-3)26(5-2)28(32)29-24-10-6-7-11-24/h8-9,12-16,19,24,26H,4-7,10-11,17-18,20H2,1-3H3,(H,29,32)/t26-/m0/s1. The molecule has 1 aliphatic rings. The summed E-state index contributed by atoms with van der Waals surface area (Å²) >= 11 is 0. The van der Waals surface area contributed by atoms with Gasteiger partial charge >= 0.3 is 0 Å². The molecule has 0 bridgehead atoms. The van der Waals surface area contributed by atoms with Crippen molar-refractivity contribution >= 4 is 11.8 Å². The monoisotopic (exact) mass is 450 g/mol. The predicted molar refractivity (Wildman–Crippen MR) is 132 cm³/mol. The molecular formula is C28H38N2O3. The number of hydrogen-bond acceptors (Lipinski definition) is 3. The molecule has 1 N–H and O–H groups in total. The van der Waals surface area contributed by atoms with Gasteiger partial charge in [0.25, 0.3) is 0 Å². The van der Waals surface area contributed by atoms with Gasteiger partial charge in [0.2, 0.25) is 11.8 Å². The second-order valence-corrected chi connectivity index (χ2v) is 8.96. The largest absolute Gasteiger partial charge is 0.497 e. The maximum atomic E-state index is 13.5. The fraction of sp³-hybridized carbons (Fsp3) is 0.500. The molecule has 0 radical (unpaired) electrons. The van der Waals surface area contributed by atoms with Crippen molar-refractivity contribution in [3.63, 3.8) is 0 Å². The van der Waals surface area contributed by atoms with E-state index in [2.05, 4.69) is 36.5 Å². The van der Waals surface area contributed by atoms with E-state index < -0.39 is 6.04 Å². The van der Waals surface area contributed by atoms with Gasteiger partial charge in [0.05, 0.1) is 7.11 Å². The van der Waals surface area contributed by atoms with Gasteiger partial charge in [-0.25, -0.2) is 0 Å². The zero-order valence-corrected chi connectivity index (χ0v) is 20.3. The van der Waals surface area contributed by atoms with Crippen molar-refractivity contribution < 1.29 is 14.3 Å². The molecule has 0 unspecified atom stereocenters. The van der Waals surface area contributed by atoms with Crippen molar-refractivity contribution in [2.24, 2.45) is 0 Å². The quantitative estimate of drug-likeness (QED) is 0.521. The van der Waals surface area contributed by atoms with E-state index in [1.165, 1.54) is 5.56 Å². The molecule has 1 aliphatic carbocycles. The Hall–Kier alpha value is -2.82. The summed E-state index contributed by atoms with van der Waals surface area (Å²) in [7, 11) is 1.63. The highest BCUT2D eigenvalue weighted by Crippen LogP contribution is 2.21. The zero-order chi connectivity index (χ0) is 23.6. The summed E-state index contributed by atoms with van der Waals surface area (Å²) < 4.78 is 5.36. The molecule has 5 heteroatoms. The molecule has 0 aromatic heterocycles. The Bertz CT molecular complexity index is 904. The number of ether oxygens (including phenoxy) is 1. The molecule has 0 heterocycles. The van der Waals surface area contributed by atoms with Crippen LogP contribution in [0, 0.1) is 0 Å². The fourth-order valence-electron chi connectivity index (χ4n) is 4.59. The van der Waals surface area contributed by atoms with Crippen LogP contribution in [-0.4, -0.2) is 35.9 Å². The zero-order valence-electron chi connectivity index (χ0n) is 20.3. The Morgan fingerprint density at radius 3 is 2.36 bits per heavy atom. The predicted octanol–water partition coefficient (Wildman–Crippen LogP) is 5.06. The van der Waals surface area contributed by atoms with Gasteiger partial charge in [-0.05, 0) is 60.9 Å². The Balaban J connectivity index is 1.75. The molecule has 1 fully saturated rings. The lowest BCUT2D eigenvalue weighted by Gasteiger charge is -2.31. The van der Waals surface area contributed by atoms with Crippen LogP contribution in [0.1, 0.15) is 69.1 Å². The SMILES string of the molecule is CCc1ccc(CCC(=O)N(Cc2cccc(OC)c2)[C@@H](CC)C(=O)NC2CCCC2)cc1. The summed E-state index contributed by atoms with van der Waals surface area (Å²) in [4.78, 5) is 28.4. The minimum Gasteiger partial charge on any atom is -0.497 e. The summed E-state index contributed by atoms with van der Waals surface area (Å²) in [5, 5.41) is 3.20. The van der Waals surface area contributed by atoms with Gasteiger partial charge in [-0.15, -0.1) is 0 Å². The van der Waals surface area contributed by atoms with E-state index in [9.17, 15) is 9.59 Å². The topological polar surface area (TPSA) is 58.6 Å². The third-order valence-corrected chi connectivity index (χ3v) is 6.63. The molecule has 3 rings (SSSR count). The number of aryl methyl sites for hydroxylation is 2. The van der Waals surface area contributed by atoms with E-state index >= 15 is 0 Å². The average molecular weight is 451 g/mol. The maximum Gasteiger partial charge on any atom is 0.243 e. The van der Waals surface area contributed by atoms with Crippen LogP contribution >= 0.6 is 0 Å². The number of nitrogens with zero attached hydrogens (tertiary/aromatic N) is 1. The number of nitrogens with one attached hydrogen (secondary N) is 1. The first-order valence-corrected chi connectivity index (χ1v) is 12.3. The molecule has 1 saturated carbocycles. The fourth-order valence-corrected chi connectivity index (χ4v) is 4.59. The van der Waals surface area contributed by atoms with Crippen molar-refractivity contribution in [1.29, 1.82) is 0 Å². The third-order valence-electron chi connectivity index (χ3n) is 6.63. The molecule has 0 aliphatic heterocycles. The lowest BCUT2D eigenvalue weighted by Crippen LogP contribution is -2.51. The highest BCUT2D eigenvalue weighted by molar-refractivity contribution is 5.88. The highest BCUT2D eigenvalue weighted by Gasteiger charge is 2.30. The smallest absolute Gasteiger partial charge is 0.243 e. The average Bonchev–Trinajstić information content (AvgIpc) is 3.35. The summed E-state index contributed by atoms with van der Waals surface area (Å²) in [6.45, 7) is 4.51. The molecule has 2 amide bonds. The summed E-state index contributed by atoms with van der Waals surface area (Å²) in [5.74, 6) is 0.720. The minimum atomic E-state index is -0.480. The van der Waals surface area contributed by atoms with Crippen LogP contribution in [0.3, 0.4) is 0 Å². The lowest BCUT2D eigenvalue weighted by atomic mass is 10.0. The Morgan fingerprint density at radius 1 is 1.03 bits per heavy atom. The Morgan fingerprint density at radius 2 is 1.73 bits per heavy atom. The first kappa shape index (κ1) is 24.8. The molecule has 5 nitrogen and oxygen atoms in total. The van der Waals surface area contributed by atoms with Gasteiger partial charge < -0.3 is 15.0 Å². The molecule has 178 valence electrons. The van der Waals surface area contributed by atoms with Gasteiger partial charge in [0.1, 0.15) is 11.8 Å². The Kier molecular flexibility index (Phi) is 9.35. The lowest BCUT2D eigenvalue weighted by molar-refractivity contribution is -0.141. The number of rotatable bonds is 11. The maximum absolute atomic E-state index is 13.5. The molecule has 0 spiro atoms. The van der Waals surface area contributed by atoms with Crippen LogP contribution in [0.25, 0.3) is 0 Å². The van der Waals surface area contributed by atoms with E-state index in [1.54, 1.807) is 12.0 Å². The van der Waals surface area contributed by atoms with Crippen molar-refractivity contribution in [2.45, 2.75) is 83.8 Å². The van der Waals surface area contributed by atoms with Crippen LogP contribution < -0.4 is 10.1 Å². The molecular weight excluding hydrogens is 412 g/mol. The number of hydrogen-bond donors (Lipinski definition) is 1. The molecule has 2 aromatic rings. The molecule has 0 saturated heterocycles. The molecule has 2 aromatic carbocycles. The van der Waals surface area contributed by atoms with E-state index in [1.807, 2.05) is 31.2 Å². The molecule has 33 heavy (non-hydrogen) atoms. The summed E-state index contributed by atoms with van der Waals surface area (Å²) in [6, 6.07) is 15.9. The van der Waals surface area contributed by atoms with E-state index in [0.717, 1.165) is 49.0 Å². The summed E-state index contributed by atoms with van der Waals surface area (Å²) in [5.41, 5.74) is 3.40. The van der Waals surface area contributed by atoms with E-state index in [0.29, 0.717) is 25.8 Å². The van der Waals surface area contributed by atoms with Crippen molar-refractivity contribution in [3.05, 3.63) is 65.2 Å². The number of carbonyl (C=O) groups excluding carboxylic acids is 2. The van der Waals surface area contributed by atoms with Crippen LogP contribution in [0.4, 0.5) is 0 Å². The first-order chi connectivity index (χ1) is 16.0. The number of carbonyl (C=O) groups is 2. The van der Waals surface area contributed by atoms with Crippen molar-refractivity contribution in [3.8, 4) is 5.75 Å². The third kappa shape index (κ3) is 7.08. The highest BCUT2D eigenvalue weighted by atomic mass is 16.5. The van der Waals surface area contributed by atoms with Crippen molar-refractivity contribution in [2.75, 3.05) is 7.11 Å². The van der Waals surface area contributed by atoms with Gasteiger partial charge in [-0.3, -0.25) is 9.59 Å². The first-order valence-electron chi connectivity index (χ1n) is 12.3. The summed E-state index contributed by atoms with van der Waals surface area (Å²) in [6.07, 6.45) is 7.00. The number of benzene rings is 2. The van der Waals surface area contributed by atoms with Gasteiger partial charge in [-0.2, -0.15) is 0 Å². The second-order valence-electron chi connectivity index (χ2n) is 8.96. The molecule has 1 atom stereocenters. The van der Waals surface area contributed by atoms with Crippen LogP contribution in [0.2, 0.25) is 0 Å². The van der Waals surface area contributed by atoms with Crippen LogP contribution in [0.15, 0.2) is 48.5 Å². The Labute approximate surface area is 198 Å². The van der Waals surface area contributed by atoms with Crippen molar-refractivity contribution in [1.82, 2.24) is 10.2 Å². The van der Waals surface area contributed by atoms with Gasteiger partial charge in [0, 0.05) is 19.0 Å². The van der Waals surface area contributed by atoms with Gasteiger partial charge in [-0.1, -0.05) is 63.1 Å². The second kappa shape index (κ2) is 12.4. The van der Waals surface area contributed by atoms with E-state index in [-0.39, 0.29) is 17.9 Å². The van der Waals surface area contributed by atoms with Gasteiger partial charge in [0.15, 0.2) is 0 Å². The van der Waals surface area contributed by atoms with Crippen LogP contribution in [-0.2, 0) is 29.0 Å².